The van der Waals surface area contributed by atoms with E-state index in [0.717, 1.165) is 0 Å². The molecule has 1 fully saturated rings. The van der Waals surface area contributed by atoms with Crippen molar-refractivity contribution in [1.82, 2.24) is 24.6 Å². The summed E-state index contributed by atoms with van der Waals surface area (Å²) < 4.78 is 55.6. The summed E-state index contributed by atoms with van der Waals surface area (Å²) in [6.07, 6.45) is -0.307. The Morgan fingerprint density at radius 3 is 2.42 bits per heavy atom. The number of imidazole rings is 1. The number of fused-ring (bicyclic) bond motifs is 1. The first-order chi connectivity index (χ1) is 16.3. The minimum absolute atomic E-state index is 0.0209. The van der Waals surface area contributed by atoms with E-state index in [9.17, 15) is 33.2 Å². The standard InChI is InChI=1S/C16H29N6O11P3/c1-8-9(2)14(22-7-18-11-12(22)19-15(17)20-13(11)23)31-10(8)6-30-35(26,27)33-36(28,29)32-34(24,25)21-16(3,4)5/h7-10,14H,6H2,1-5H3,(H,26,27)(H,28,29)(H2,21,24,25)(H3,17,19,20,23)/p-3/t8-,9?,10-,14-/m1/s1. The Labute approximate surface area is 205 Å². The highest BCUT2D eigenvalue weighted by atomic mass is 31.3. The molecule has 0 radical (unpaired) electrons. The van der Waals surface area contributed by atoms with Crippen molar-refractivity contribution in [3.05, 3.63) is 16.7 Å². The number of nitrogens with one attached hydrogen (secondary N) is 2. The summed E-state index contributed by atoms with van der Waals surface area (Å²) in [4.78, 5) is 58.2. The van der Waals surface area contributed by atoms with Crippen molar-refractivity contribution in [2.75, 3.05) is 12.3 Å². The second-order valence-corrected chi connectivity index (χ2v) is 13.8. The molecule has 2 aromatic rings. The predicted molar refractivity (Wildman–Crippen MR) is 119 cm³/mol. The largest absolute Gasteiger partial charge is 0.766 e. The highest BCUT2D eigenvalue weighted by Gasteiger charge is 2.41. The van der Waals surface area contributed by atoms with Crippen molar-refractivity contribution >= 4 is 40.5 Å². The summed E-state index contributed by atoms with van der Waals surface area (Å²) in [6, 6.07) is 0. The number of rotatable bonds is 9. The number of hydrogen-bond acceptors (Lipinski definition) is 14. The van der Waals surface area contributed by atoms with Crippen LogP contribution in [0.25, 0.3) is 11.2 Å². The third-order valence-electron chi connectivity index (χ3n) is 5.18. The van der Waals surface area contributed by atoms with E-state index < -0.39 is 53.4 Å². The summed E-state index contributed by atoms with van der Waals surface area (Å²) in [6.45, 7) is 7.08. The second-order valence-electron chi connectivity index (χ2n) is 9.27. The van der Waals surface area contributed by atoms with Gasteiger partial charge in [-0.05, 0) is 26.7 Å². The first-order valence-electron chi connectivity index (χ1n) is 10.5. The lowest BCUT2D eigenvalue weighted by Crippen LogP contribution is -2.37. The van der Waals surface area contributed by atoms with Gasteiger partial charge in [0.1, 0.15) is 6.23 Å². The van der Waals surface area contributed by atoms with Gasteiger partial charge in [-0.1, -0.05) is 13.8 Å². The van der Waals surface area contributed by atoms with Crippen molar-refractivity contribution in [3.8, 4) is 0 Å². The number of nitrogen functional groups attached to an aromatic ring is 1. The van der Waals surface area contributed by atoms with E-state index in [1.807, 2.05) is 5.09 Å². The van der Waals surface area contributed by atoms with Gasteiger partial charge in [0, 0.05) is 11.5 Å². The topological polar surface area (TPSA) is 259 Å². The van der Waals surface area contributed by atoms with Gasteiger partial charge in [0.05, 0.1) is 19.0 Å². The van der Waals surface area contributed by atoms with E-state index in [1.165, 1.54) is 31.7 Å². The number of aromatic amines is 1. The first kappa shape index (κ1) is 29.1. The number of H-pyrrole nitrogens is 1. The Morgan fingerprint density at radius 2 is 1.81 bits per heavy atom. The number of hydrogen-bond donors (Lipinski definition) is 3. The van der Waals surface area contributed by atoms with Gasteiger partial charge >= 0.3 is 0 Å². The quantitative estimate of drug-likeness (QED) is 0.327. The second kappa shape index (κ2) is 10.0. The van der Waals surface area contributed by atoms with Crippen LogP contribution in [0.15, 0.2) is 11.1 Å². The fourth-order valence-electron chi connectivity index (χ4n) is 3.55. The van der Waals surface area contributed by atoms with E-state index in [4.69, 9.17) is 10.5 Å². The maximum Gasteiger partial charge on any atom is 0.280 e. The van der Waals surface area contributed by atoms with Crippen LogP contribution >= 0.6 is 23.4 Å². The summed E-state index contributed by atoms with van der Waals surface area (Å²) in [7, 11) is -16.7. The van der Waals surface area contributed by atoms with Gasteiger partial charge in [0.15, 0.2) is 11.2 Å². The van der Waals surface area contributed by atoms with Crippen LogP contribution in [0, 0.1) is 11.8 Å². The van der Waals surface area contributed by atoms with Crippen LogP contribution in [-0.4, -0.2) is 37.8 Å². The van der Waals surface area contributed by atoms with Crippen LogP contribution in [0.3, 0.4) is 0 Å². The Morgan fingerprint density at radius 1 is 1.17 bits per heavy atom. The lowest BCUT2D eigenvalue weighted by Gasteiger charge is -2.37. The summed E-state index contributed by atoms with van der Waals surface area (Å²) in [5.41, 5.74) is 4.12. The van der Waals surface area contributed by atoms with E-state index in [2.05, 4.69) is 28.1 Å². The molecule has 1 aliphatic heterocycles. The molecule has 3 heterocycles. The minimum atomic E-state index is -5.89. The van der Waals surface area contributed by atoms with Gasteiger partial charge < -0.3 is 29.7 Å². The lowest BCUT2D eigenvalue weighted by molar-refractivity contribution is -0.246. The van der Waals surface area contributed by atoms with E-state index in [1.54, 1.807) is 13.8 Å². The highest BCUT2D eigenvalue weighted by Crippen LogP contribution is 2.62. The third kappa shape index (κ3) is 7.09. The zero-order chi connectivity index (χ0) is 27.3. The zero-order valence-corrected chi connectivity index (χ0v) is 22.5. The van der Waals surface area contributed by atoms with Crippen LogP contribution in [0.4, 0.5) is 5.95 Å². The van der Waals surface area contributed by atoms with Gasteiger partial charge in [-0.3, -0.25) is 37.4 Å². The molecule has 0 aromatic carbocycles. The van der Waals surface area contributed by atoms with Crippen molar-refractivity contribution in [2.45, 2.75) is 52.5 Å². The fourth-order valence-corrected chi connectivity index (χ4v) is 7.48. The molecule has 0 spiro atoms. The van der Waals surface area contributed by atoms with Crippen molar-refractivity contribution in [2.24, 2.45) is 11.8 Å². The molecule has 0 saturated carbocycles. The molecule has 7 atom stereocenters. The molecule has 204 valence electrons. The highest BCUT2D eigenvalue weighted by molar-refractivity contribution is 7.66. The van der Waals surface area contributed by atoms with Gasteiger partial charge in [-0.15, -0.1) is 0 Å². The van der Waals surface area contributed by atoms with Crippen LogP contribution in [-0.2, 0) is 31.6 Å². The lowest BCUT2D eigenvalue weighted by atomic mass is 9.93. The number of aromatic nitrogens is 4. The molecule has 4 N–H and O–H groups in total. The number of ether oxygens (including phenoxy) is 1. The number of anilines is 1. The maximum atomic E-state index is 12.1. The molecular weight excluding hydrogens is 545 g/mol. The summed E-state index contributed by atoms with van der Waals surface area (Å²) >= 11 is 0. The third-order valence-corrected chi connectivity index (χ3v) is 9.85. The first-order valence-corrected chi connectivity index (χ1v) is 14.9. The SMILES string of the molecule is CC1[C@@H](C)[C@@H](COP(=O)([O-])OP(=O)([O-])OP(=O)([O-])NC(C)(C)C)O[C@H]1n1cnc2c(=O)[nH]c(N)nc21. The molecule has 1 saturated heterocycles. The van der Waals surface area contributed by atoms with Crippen LogP contribution < -0.4 is 31.1 Å². The fraction of sp³-hybridized carbons (Fsp3) is 0.688. The zero-order valence-electron chi connectivity index (χ0n) is 19.8. The maximum absolute atomic E-state index is 12.1. The monoisotopic (exact) mass is 571 g/mol. The van der Waals surface area contributed by atoms with Crippen molar-refractivity contribution < 1.29 is 46.3 Å². The van der Waals surface area contributed by atoms with Gasteiger partial charge in [0.2, 0.25) is 13.7 Å². The smallest absolute Gasteiger partial charge is 0.280 e. The molecule has 0 aliphatic carbocycles. The molecule has 2 aromatic heterocycles. The average molecular weight is 571 g/mol. The molecule has 20 heteroatoms. The van der Waals surface area contributed by atoms with E-state index >= 15 is 0 Å². The predicted octanol–water partition coefficient (Wildman–Crippen LogP) is -0.285. The average Bonchev–Trinajstić information content (AvgIpc) is 3.18. The van der Waals surface area contributed by atoms with Crippen molar-refractivity contribution in [1.29, 1.82) is 0 Å². The molecule has 0 bridgehead atoms. The van der Waals surface area contributed by atoms with Gasteiger partial charge in [0.25, 0.3) is 21.2 Å². The molecule has 0 amide bonds. The normalized spacial score (nSPS) is 28.0. The Hall–Kier alpha value is -1.48. The minimum Gasteiger partial charge on any atom is -0.766 e. The van der Waals surface area contributed by atoms with Gasteiger partial charge in [-0.25, -0.2) is 9.29 Å². The molecule has 1 aliphatic rings. The number of nitrogens with zero attached hydrogens (tertiary/aromatic N) is 3. The number of phosphoric ester groups is 1. The molecular formula is C16H26N6O11P3-3. The van der Waals surface area contributed by atoms with Crippen LogP contribution in [0.5, 0.6) is 0 Å². The molecule has 4 unspecified atom stereocenters. The molecule has 17 nitrogen and oxygen atoms in total. The van der Waals surface area contributed by atoms with Crippen LogP contribution in [0.2, 0.25) is 0 Å². The van der Waals surface area contributed by atoms with Gasteiger partial charge in [-0.2, -0.15) is 4.98 Å². The Bertz CT molecular complexity index is 1320. The summed E-state index contributed by atoms with van der Waals surface area (Å²) in [5, 5.41) is 1.89. The molecule has 3 rings (SSSR count). The number of nitrogens with two attached hydrogens (primary N) is 1. The summed E-state index contributed by atoms with van der Waals surface area (Å²) in [5.74, 6) is -0.740. The Balaban J connectivity index is 1.68. The van der Waals surface area contributed by atoms with Crippen molar-refractivity contribution in [3.63, 3.8) is 0 Å². The van der Waals surface area contributed by atoms with Crippen LogP contribution in [0.1, 0.15) is 40.8 Å². The Kier molecular flexibility index (Phi) is 8.08. The molecule has 36 heavy (non-hydrogen) atoms. The number of phosphoric acid groups is 2. The van der Waals surface area contributed by atoms with E-state index in [-0.39, 0.29) is 28.9 Å². The van der Waals surface area contributed by atoms with E-state index in [0.29, 0.717) is 0 Å².